The molecule has 12 nitrogen and oxygen atoms in total. The summed E-state index contributed by atoms with van der Waals surface area (Å²) in [6.07, 6.45) is 0. The van der Waals surface area contributed by atoms with Gasteiger partial charge in [0.05, 0.1) is 90.8 Å². The second-order valence-corrected chi connectivity index (χ2v) is 9.93. The molecule has 0 saturated carbocycles. The first-order valence-electron chi connectivity index (χ1n) is 13.4. The lowest BCUT2D eigenvalue weighted by Crippen LogP contribution is -2.15. The van der Waals surface area contributed by atoms with Crippen molar-refractivity contribution in [2.45, 2.75) is 11.8 Å². The lowest BCUT2D eigenvalue weighted by molar-refractivity contribution is -0.114. The Hall–Kier alpha value is -2.62. The molecule has 0 aliphatic rings. The fourth-order valence-electron chi connectivity index (χ4n) is 3.12. The van der Waals surface area contributed by atoms with Gasteiger partial charge >= 0.3 is 0 Å². The van der Waals surface area contributed by atoms with E-state index in [-0.39, 0.29) is 24.0 Å². The van der Waals surface area contributed by atoms with Gasteiger partial charge in [0.1, 0.15) is 12.4 Å². The van der Waals surface area contributed by atoms with Crippen molar-refractivity contribution >= 4 is 21.7 Å². The molecule has 0 bridgehead atoms. The molecule has 0 fully saturated rings. The molecule has 230 valence electrons. The summed E-state index contributed by atoms with van der Waals surface area (Å²) in [5.74, 6) is 0.590. The molecule has 0 atom stereocenters. The van der Waals surface area contributed by atoms with E-state index >= 15 is 0 Å². The molecule has 2 aromatic carbocycles. The summed E-state index contributed by atoms with van der Waals surface area (Å²) >= 11 is 0. The van der Waals surface area contributed by atoms with Crippen molar-refractivity contribution < 1.29 is 50.6 Å². The zero-order valence-electron chi connectivity index (χ0n) is 23.5. The van der Waals surface area contributed by atoms with Crippen LogP contribution >= 0.6 is 0 Å². The summed E-state index contributed by atoms with van der Waals surface area (Å²) in [7, 11) is -3.76. The monoisotopic (exact) mass is 599 g/mol. The highest BCUT2D eigenvalue weighted by atomic mass is 32.2. The molecule has 0 saturated heterocycles. The van der Waals surface area contributed by atoms with Crippen molar-refractivity contribution in [3.05, 3.63) is 54.6 Å². The van der Waals surface area contributed by atoms with Crippen LogP contribution in [0.25, 0.3) is 0 Å². The van der Waals surface area contributed by atoms with Crippen molar-refractivity contribution in [1.29, 1.82) is 0 Å². The minimum absolute atomic E-state index is 0.0606. The van der Waals surface area contributed by atoms with Crippen LogP contribution in [0.15, 0.2) is 59.5 Å². The van der Waals surface area contributed by atoms with Gasteiger partial charge in [-0.05, 0) is 36.4 Å². The molecule has 2 aromatic rings. The van der Waals surface area contributed by atoms with Crippen LogP contribution in [0, 0.1) is 0 Å². The summed E-state index contributed by atoms with van der Waals surface area (Å²) < 4.78 is 66.9. The molecule has 1 N–H and O–H groups in total. The molecular weight excluding hydrogens is 558 g/mol. The van der Waals surface area contributed by atoms with E-state index in [0.717, 1.165) is 5.69 Å². The van der Waals surface area contributed by atoms with E-state index in [1.54, 1.807) is 42.5 Å². The van der Waals surface area contributed by atoms with Gasteiger partial charge in [-0.3, -0.25) is 8.98 Å². The first-order valence-corrected chi connectivity index (χ1v) is 14.8. The Balaban J connectivity index is 1.25. The third-order valence-corrected chi connectivity index (χ3v) is 6.36. The van der Waals surface area contributed by atoms with Crippen LogP contribution < -0.4 is 10.1 Å². The second kappa shape index (κ2) is 22.0. The number of carbonyl (C=O) groups excluding carboxylic acids is 1. The normalized spacial score (nSPS) is 11.4. The summed E-state index contributed by atoms with van der Waals surface area (Å²) in [6.45, 7) is 6.71. The lowest BCUT2D eigenvalue weighted by Gasteiger charge is -2.09. The predicted molar refractivity (Wildman–Crippen MR) is 151 cm³/mol. The average Bonchev–Trinajstić information content (AvgIpc) is 2.96. The molecule has 0 aliphatic carbocycles. The van der Waals surface area contributed by atoms with Gasteiger partial charge in [0.2, 0.25) is 5.91 Å². The Morgan fingerprint density at radius 3 is 1.44 bits per heavy atom. The summed E-state index contributed by atoms with van der Waals surface area (Å²) in [5, 5.41) is 2.70. The first-order chi connectivity index (χ1) is 20.0. The van der Waals surface area contributed by atoms with Crippen molar-refractivity contribution in [2.75, 3.05) is 97.8 Å². The Morgan fingerprint density at radius 1 is 0.585 bits per heavy atom. The maximum atomic E-state index is 11.9. The van der Waals surface area contributed by atoms with Gasteiger partial charge in [0, 0.05) is 12.6 Å². The van der Waals surface area contributed by atoms with Gasteiger partial charge in [-0.1, -0.05) is 18.2 Å². The van der Waals surface area contributed by atoms with Gasteiger partial charge in [0.15, 0.2) is 0 Å². The molecule has 0 heterocycles. The zero-order chi connectivity index (χ0) is 29.4. The Bertz CT molecular complexity index is 1040. The number of rotatable bonds is 25. The number of anilines is 1. The van der Waals surface area contributed by atoms with Gasteiger partial charge in [-0.15, -0.1) is 0 Å². The molecule has 2 rings (SSSR count). The van der Waals surface area contributed by atoms with Crippen molar-refractivity contribution in [3.63, 3.8) is 0 Å². The maximum Gasteiger partial charge on any atom is 0.297 e. The summed E-state index contributed by atoms with van der Waals surface area (Å²) in [4.78, 5) is 11.1. The van der Waals surface area contributed by atoms with Crippen LogP contribution in [0.4, 0.5) is 5.69 Å². The van der Waals surface area contributed by atoms with Gasteiger partial charge in [0.25, 0.3) is 10.1 Å². The number of amides is 1. The van der Waals surface area contributed by atoms with Gasteiger partial charge < -0.3 is 38.5 Å². The first kappa shape index (κ1) is 34.6. The second-order valence-electron chi connectivity index (χ2n) is 8.32. The van der Waals surface area contributed by atoms with Crippen molar-refractivity contribution in [1.82, 2.24) is 0 Å². The average molecular weight is 600 g/mol. The molecule has 0 aliphatic heterocycles. The minimum Gasteiger partial charge on any atom is -0.491 e. The highest BCUT2D eigenvalue weighted by Crippen LogP contribution is 2.15. The highest BCUT2D eigenvalue weighted by molar-refractivity contribution is 7.86. The molecule has 41 heavy (non-hydrogen) atoms. The SMILES string of the molecule is CC(=O)Nc1ccc(OCCOCCOCCOCCOCCOCCOCCOS(=O)(=O)c2ccccc2)cc1. The summed E-state index contributed by atoms with van der Waals surface area (Å²) in [5.41, 5.74) is 0.723. The molecule has 1 amide bonds. The van der Waals surface area contributed by atoms with Gasteiger partial charge in [-0.25, -0.2) is 0 Å². The number of hydrogen-bond donors (Lipinski definition) is 1. The van der Waals surface area contributed by atoms with Crippen LogP contribution in [0.3, 0.4) is 0 Å². The Kier molecular flexibility index (Phi) is 18.6. The van der Waals surface area contributed by atoms with Crippen LogP contribution in [0.2, 0.25) is 0 Å². The lowest BCUT2D eigenvalue weighted by atomic mass is 10.3. The Labute approximate surface area is 242 Å². The van der Waals surface area contributed by atoms with E-state index in [0.29, 0.717) is 85.0 Å². The fourth-order valence-corrected chi connectivity index (χ4v) is 4.03. The number of hydrogen-bond acceptors (Lipinski definition) is 11. The molecule has 0 spiro atoms. The van der Waals surface area contributed by atoms with Crippen LogP contribution in [0.5, 0.6) is 5.75 Å². The predicted octanol–water partition coefficient (Wildman–Crippen LogP) is 2.53. The fraction of sp³-hybridized carbons (Fsp3) is 0.536. The maximum absolute atomic E-state index is 11.9. The van der Waals surface area contributed by atoms with Gasteiger partial charge in [-0.2, -0.15) is 8.42 Å². The van der Waals surface area contributed by atoms with E-state index in [4.69, 9.17) is 37.3 Å². The molecular formula is C28H41NO11S. The van der Waals surface area contributed by atoms with Crippen LogP contribution in [0.1, 0.15) is 6.92 Å². The largest absolute Gasteiger partial charge is 0.491 e. The minimum atomic E-state index is -3.76. The topological polar surface area (TPSA) is 137 Å². The molecule has 0 aromatic heterocycles. The van der Waals surface area contributed by atoms with E-state index in [1.807, 2.05) is 0 Å². The molecule has 13 heteroatoms. The van der Waals surface area contributed by atoms with E-state index in [1.165, 1.54) is 19.1 Å². The number of ether oxygens (including phenoxy) is 7. The van der Waals surface area contributed by atoms with E-state index < -0.39 is 10.1 Å². The third kappa shape index (κ3) is 17.7. The van der Waals surface area contributed by atoms with Crippen LogP contribution in [-0.4, -0.2) is 107 Å². The van der Waals surface area contributed by atoms with Crippen molar-refractivity contribution in [2.24, 2.45) is 0 Å². The highest BCUT2D eigenvalue weighted by Gasteiger charge is 2.13. The summed E-state index contributed by atoms with van der Waals surface area (Å²) in [6, 6.07) is 15.1. The van der Waals surface area contributed by atoms with E-state index in [2.05, 4.69) is 5.32 Å². The van der Waals surface area contributed by atoms with E-state index in [9.17, 15) is 13.2 Å². The zero-order valence-corrected chi connectivity index (χ0v) is 24.3. The quantitative estimate of drug-likeness (QED) is 0.133. The molecule has 0 radical (unpaired) electrons. The smallest absolute Gasteiger partial charge is 0.297 e. The number of nitrogens with one attached hydrogen (secondary N) is 1. The van der Waals surface area contributed by atoms with Crippen LogP contribution in [-0.2, 0) is 47.5 Å². The Morgan fingerprint density at radius 2 is 1.00 bits per heavy atom. The number of carbonyl (C=O) groups is 1. The number of benzene rings is 2. The molecule has 0 unspecified atom stereocenters. The standard InChI is InChI=1S/C28H41NO11S/c1-25(30)29-26-7-9-27(10-8-26)39-23-21-37-19-17-35-15-13-33-11-12-34-14-16-36-18-20-38-22-24-40-41(31,32)28-5-3-2-4-6-28/h2-10H,11-24H2,1H3,(H,29,30). The van der Waals surface area contributed by atoms with Crippen molar-refractivity contribution in [3.8, 4) is 5.75 Å². The third-order valence-electron chi connectivity index (χ3n) is 5.03.